The van der Waals surface area contributed by atoms with Gasteiger partial charge in [-0.1, -0.05) is 6.07 Å². The number of rotatable bonds is 5. The van der Waals surface area contributed by atoms with E-state index >= 15 is 0 Å². The van der Waals surface area contributed by atoms with Gasteiger partial charge in [-0.05, 0) is 58.6 Å². The van der Waals surface area contributed by atoms with Crippen molar-refractivity contribution in [2.75, 3.05) is 18.0 Å². The van der Waals surface area contributed by atoms with E-state index in [0.717, 1.165) is 41.6 Å². The summed E-state index contributed by atoms with van der Waals surface area (Å²) >= 11 is 0. The number of hydrogen-bond donors (Lipinski definition) is 1. The SMILES string of the molecule is Cc1ncc(-c2nc3c(-c4ccc5c(c4)[C@@]4(CCCN4C(=O)C4CC4)C(=O)N5CC(C)(C)O)ncnc3n2C)cn1. The van der Waals surface area contributed by atoms with Crippen molar-refractivity contribution in [1.29, 1.82) is 0 Å². The van der Waals surface area contributed by atoms with E-state index in [1.165, 1.54) is 6.33 Å². The number of fused-ring (bicyclic) bond motifs is 3. The van der Waals surface area contributed by atoms with Crippen molar-refractivity contribution in [3.05, 3.63) is 48.3 Å². The maximum atomic E-state index is 14.3. The Kier molecular flexibility index (Phi) is 5.56. The van der Waals surface area contributed by atoms with E-state index in [4.69, 9.17) is 4.98 Å². The summed E-state index contributed by atoms with van der Waals surface area (Å²) in [7, 11) is 1.89. The number of hydrogen-bond acceptors (Lipinski definition) is 8. The molecule has 0 unspecified atom stereocenters. The van der Waals surface area contributed by atoms with Gasteiger partial charge in [-0.3, -0.25) is 9.59 Å². The second-order valence-electron chi connectivity index (χ2n) is 12.1. The molecule has 2 amide bonds. The van der Waals surface area contributed by atoms with Gasteiger partial charge in [0.15, 0.2) is 5.65 Å². The molecule has 1 aliphatic carbocycles. The number of aryl methyl sites for hydroxylation is 2. The topological polar surface area (TPSA) is 130 Å². The van der Waals surface area contributed by atoms with Crippen LogP contribution >= 0.6 is 0 Å². The summed E-state index contributed by atoms with van der Waals surface area (Å²) in [6.45, 7) is 5.89. The molecule has 1 atom stereocenters. The second-order valence-corrected chi connectivity index (χ2v) is 12.1. The lowest BCUT2D eigenvalue weighted by Gasteiger charge is -2.35. The van der Waals surface area contributed by atoms with Gasteiger partial charge in [0.05, 0.1) is 17.7 Å². The van der Waals surface area contributed by atoms with Crippen molar-refractivity contribution in [3.8, 4) is 22.6 Å². The van der Waals surface area contributed by atoms with Crippen molar-refractivity contribution >= 4 is 28.7 Å². The third-order valence-electron chi connectivity index (χ3n) is 8.42. The van der Waals surface area contributed by atoms with Gasteiger partial charge in [0.2, 0.25) is 5.91 Å². The van der Waals surface area contributed by atoms with Crippen molar-refractivity contribution < 1.29 is 14.7 Å². The Morgan fingerprint density at radius 1 is 1.12 bits per heavy atom. The monoisotopic (exact) mass is 552 g/mol. The smallest absolute Gasteiger partial charge is 0.257 e. The van der Waals surface area contributed by atoms with E-state index in [9.17, 15) is 14.7 Å². The number of carbonyl (C=O) groups excluding carboxylic acids is 2. The van der Waals surface area contributed by atoms with Gasteiger partial charge in [-0.15, -0.1) is 0 Å². The minimum atomic E-state index is -1.11. The van der Waals surface area contributed by atoms with E-state index in [2.05, 4.69) is 19.9 Å². The molecule has 210 valence electrons. The molecule has 0 radical (unpaired) electrons. The Bertz CT molecular complexity index is 1720. The van der Waals surface area contributed by atoms with Crippen LogP contribution in [-0.2, 0) is 22.2 Å². The van der Waals surface area contributed by atoms with E-state index in [1.54, 1.807) is 31.1 Å². The molecule has 1 spiro atoms. The zero-order valence-electron chi connectivity index (χ0n) is 23.6. The summed E-state index contributed by atoms with van der Waals surface area (Å²) in [6, 6.07) is 5.82. The number of anilines is 1. The number of imidazole rings is 1. The second kappa shape index (κ2) is 8.87. The fourth-order valence-corrected chi connectivity index (χ4v) is 6.39. The van der Waals surface area contributed by atoms with E-state index in [1.807, 2.05) is 41.6 Å². The molecule has 1 saturated heterocycles. The average Bonchev–Trinajstić information content (AvgIpc) is 3.56. The van der Waals surface area contributed by atoms with E-state index in [-0.39, 0.29) is 24.3 Å². The molecule has 11 nitrogen and oxygen atoms in total. The third-order valence-corrected chi connectivity index (χ3v) is 8.42. The van der Waals surface area contributed by atoms with Crippen LogP contribution in [0.25, 0.3) is 33.8 Å². The highest BCUT2D eigenvalue weighted by molar-refractivity contribution is 6.10. The number of aliphatic hydroxyl groups is 1. The van der Waals surface area contributed by atoms with Gasteiger partial charge < -0.3 is 19.5 Å². The highest BCUT2D eigenvalue weighted by Crippen LogP contribution is 2.52. The lowest BCUT2D eigenvalue weighted by atomic mass is 9.86. The number of aromatic nitrogens is 6. The molecule has 41 heavy (non-hydrogen) atoms. The largest absolute Gasteiger partial charge is 0.389 e. The molecule has 1 N–H and O–H groups in total. The molecular weight excluding hydrogens is 520 g/mol. The Labute approximate surface area is 237 Å². The quantitative estimate of drug-likeness (QED) is 0.400. The lowest BCUT2D eigenvalue weighted by molar-refractivity contribution is -0.144. The van der Waals surface area contributed by atoms with Crippen molar-refractivity contribution in [1.82, 2.24) is 34.4 Å². The summed E-state index contributed by atoms with van der Waals surface area (Å²) in [5, 5.41) is 10.7. The Morgan fingerprint density at radius 3 is 2.59 bits per heavy atom. The summed E-state index contributed by atoms with van der Waals surface area (Å²) in [4.78, 5) is 53.9. The zero-order chi connectivity index (χ0) is 28.7. The maximum absolute atomic E-state index is 14.3. The summed E-state index contributed by atoms with van der Waals surface area (Å²) in [5.41, 5.74) is 2.77. The van der Waals surface area contributed by atoms with Crippen molar-refractivity contribution in [3.63, 3.8) is 0 Å². The molecule has 4 aromatic rings. The normalized spacial score (nSPS) is 20.5. The minimum absolute atomic E-state index is 0.00748. The van der Waals surface area contributed by atoms with Crippen LogP contribution in [0.1, 0.15) is 50.9 Å². The molecular formula is C30H32N8O3. The first-order valence-corrected chi connectivity index (χ1v) is 14.1. The molecule has 7 rings (SSSR count). The number of nitrogens with zero attached hydrogens (tertiary/aromatic N) is 8. The van der Waals surface area contributed by atoms with Crippen LogP contribution in [0, 0.1) is 12.8 Å². The number of likely N-dealkylation sites (tertiary alicyclic amines) is 1. The predicted octanol–water partition coefficient (Wildman–Crippen LogP) is 3.14. The van der Waals surface area contributed by atoms with Crippen LogP contribution in [0.5, 0.6) is 0 Å². The van der Waals surface area contributed by atoms with E-state index in [0.29, 0.717) is 41.5 Å². The predicted molar refractivity (Wildman–Crippen MR) is 152 cm³/mol. The first-order valence-electron chi connectivity index (χ1n) is 14.1. The van der Waals surface area contributed by atoms with Gasteiger partial charge in [0.25, 0.3) is 5.91 Å². The van der Waals surface area contributed by atoms with Gasteiger partial charge >= 0.3 is 0 Å². The summed E-state index contributed by atoms with van der Waals surface area (Å²) in [6.07, 6.45) is 8.02. The molecule has 1 saturated carbocycles. The molecule has 2 fully saturated rings. The van der Waals surface area contributed by atoms with Gasteiger partial charge in [-0.2, -0.15) is 0 Å². The first-order chi connectivity index (χ1) is 19.6. The van der Waals surface area contributed by atoms with Crippen LogP contribution in [0.15, 0.2) is 36.9 Å². The highest BCUT2D eigenvalue weighted by Gasteiger charge is 2.60. The van der Waals surface area contributed by atoms with Gasteiger partial charge in [0, 0.05) is 48.7 Å². The van der Waals surface area contributed by atoms with Crippen LogP contribution in [0.3, 0.4) is 0 Å². The molecule has 0 bridgehead atoms. The molecule has 3 aromatic heterocycles. The number of carbonyl (C=O) groups is 2. The van der Waals surface area contributed by atoms with Crippen molar-refractivity contribution in [2.45, 2.75) is 57.6 Å². The van der Waals surface area contributed by atoms with Crippen LogP contribution in [0.4, 0.5) is 5.69 Å². The summed E-state index contributed by atoms with van der Waals surface area (Å²) in [5.74, 6) is 1.24. The lowest BCUT2D eigenvalue weighted by Crippen LogP contribution is -2.54. The molecule has 2 aliphatic heterocycles. The molecule has 11 heteroatoms. The van der Waals surface area contributed by atoms with Crippen LogP contribution in [0.2, 0.25) is 0 Å². The Balaban J connectivity index is 1.39. The number of benzene rings is 1. The van der Waals surface area contributed by atoms with Gasteiger partial charge in [-0.25, -0.2) is 24.9 Å². The zero-order valence-corrected chi connectivity index (χ0v) is 23.6. The minimum Gasteiger partial charge on any atom is -0.389 e. The van der Waals surface area contributed by atoms with Crippen LogP contribution in [-0.4, -0.2) is 70.0 Å². The van der Waals surface area contributed by atoms with Crippen LogP contribution < -0.4 is 4.90 Å². The molecule has 1 aromatic carbocycles. The fraction of sp³-hybridized carbons (Fsp3) is 0.433. The summed E-state index contributed by atoms with van der Waals surface area (Å²) < 4.78 is 1.89. The van der Waals surface area contributed by atoms with Gasteiger partial charge in [0.1, 0.15) is 34.7 Å². The first kappa shape index (κ1) is 25.7. The standard InChI is InChI=1S/C30H32N8O3/c1-17-31-13-20(14-32-17)25-35-24-23(33-16-34-26(24)36(25)4)19-8-9-22-21(12-19)30(28(40)37(22)15-29(2,3)41)10-5-11-38(30)27(39)18-6-7-18/h8-9,12-14,16,18,41H,5-7,10-11,15H2,1-4H3/t30-/m0/s1. The van der Waals surface area contributed by atoms with Crippen molar-refractivity contribution in [2.24, 2.45) is 13.0 Å². The number of amides is 2. The highest BCUT2D eigenvalue weighted by atomic mass is 16.3. The third kappa shape index (κ3) is 3.93. The fourth-order valence-electron chi connectivity index (χ4n) is 6.39. The Hall–Kier alpha value is -4.25. The maximum Gasteiger partial charge on any atom is 0.257 e. The number of β-amino-alcohol motifs (C(OH)–C–C–N with tert-alkyl or cyclic N) is 1. The Morgan fingerprint density at radius 2 is 1.88 bits per heavy atom. The van der Waals surface area contributed by atoms with E-state index < -0.39 is 11.1 Å². The molecule has 3 aliphatic rings. The molecule has 5 heterocycles. The average molecular weight is 553 g/mol.